The third kappa shape index (κ3) is 3.81. The number of anilines is 1. The summed E-state index contributed by atoms with van der Waals surface area (Å²) in [6, 6.07) is 5.16. The molecule has 0 spiro atoms. The van der Waals surface area contributed by atoms with Gasteiger partial charge in [-0.05, 0) is 22.9 Å². The average Bonchev–Trinajstić information content (AvgIpc) is 3.07. The lowest BCUT2D eigenvalue weighted by molar-refractivity contribution is -0.116. The number of nitrogens with zero attached hydrogens (tertiary/aromatic N) is 1. The standard InChI is InChI=1S/C13H10N2O4S2/c14-7-8-2-5-21-12(8)15-10(16)1-4-19-9-3-6-20-11(9)13(17)18/h2-3,5-6H,1,4H2,(H,15,16)(H,17,18). The number of nitriles is 1. The van der Waals surface area contributed by atoms with Crippen molar-refractivity contribution >= 4 is 39.6 Å². The molecule has 0 aliphatic heterocycles. The van der Waals surface area contributed by atoms with Gasteiger partial charge in [-0.3, -0.25) is 4.79 Å². The Morgan fingerprint density at radius 2 is 2.10 bits per heavy atom. The van der Waals surface area contributed by atoms with Crippen LogP contribution >= 0.6 is 22.7 Å². The molecular weight excluding hydrogens is 312 g/mol. The normalized spacial score (nSPS) is 9.86. The average molecular weight is 322 g/mol. The second kappa shape index (κ2) is 6.88. The van der Waals surface area contributed by atoms with Crippen molar-refractivity contribution in [3.8, 4) is 11.8 Å². The van der Waals surface area contributed by atoms with Gasteiger partial charge in [-0.2, -0.15) is 5.26 Å². The van der Waals surface area contributed by atoms with Crippen LogP contribution in [0.3, 0.4) is 0 Å². The Bertz CT molecular complexity index is 699. The molecule has 0 fully saturated rings. The van der Waals surface area contributed by atoms with Gasteiger partial charge in [-0.25, -0.2) is 4.79 Å². The lowest BCUT2D eigenvalue weighted by Gasteiger charge is -2.06. The minimum atomic E-state index is -1.05. The zero-order valence-electron chi connectivity index (χ0n) is 10.7. The zero-order chi connectivity index (χ0) is 15.2. The molecule has 108 valence electrons. The molecule has 2 N–H and O–H groups in total. The quantitative estimate of drug-likeness (QED) is 0.852. The van der Waals surface area contributed by atoms with Crippen molar-refractivity contribution in [2.45, 2.75) is 6.42 Å². The predicted molar refractivity (Wildman–Crippen MR) is 79.1 cm³/mol. The predicted octanol–water partition coefficient (Wildman–Crippen LogP) is 2.79. The van der Waals surface area contributed by atoms with Gasteiger partial charge in [-0.1, -0.05) is 0 Å². The SMILES string of the molecule is N#Cc1ccsc1NC(=O)CCOc1ccsc1C(=O)O. The second-order valence-corrected chi connectivity index (χ2v) is 5.67. The van der Waals surface area contributed by atoms with E-state index in [0.717, 1.165) is 11.3 Å². The third-order valence-corrected chi connectivity index (χ3v) is 4.16. The summed E-state index contributed by atoms with van der Waals surface area (Å²) in [4.78, 5) is 22.7. The van der Waals surface area contributed by atoms with Gasteiger partial charge in [0.25, 0.3) is 0 Å². The fourth-order valence-electron chi connectivity index (χ4n) is 1.50. The van der Waals surface area contributed by atoms with Gasteiger partial charge in [0, 0.05) is 0 Å². The number of carbonyl (C=O) groups is 2. The molecule has 2 heterocycles. The van der Waals surface area contributed by atoms with Crippen LogP contribution in [0.15, 0.2) is 22.9 Å². The number of carbonyl (C=O) groups excluding carboxylic acids is 1. The lowest BCUT2D eigenvalue weighted by Crippen LogP contribution is -2.15. The van der Waals surface area contributed by atoms with Crippen LogP contribution in [-0.2, 0) is 4.79 Å². The topological polar surface area (TPSA) is 99.4 Å². The van der Waals surface area contributed by atoms with E-state index >= 15 is 0 Å². The van der Waals surface area contributed by atoms with Crippen molar-refractivity contribution in [2.24, 2.45) is 0 Å². The molecule has 2 rings (SSSR count). The van der Waals surface area contributed by atoms with E-state index in [2.05, 4.69) is 5.32 Å². The first-order valence-electron chi connectivity index (χ1n) is 5.83. The number of thiophene rings is 2. The highest BCUT2D eigenvalue weighted by Gasteiger charge is 2.13. The third-order valence-electron chi connectivity index (χ3n) is 2.45. The van der Waals surface area contributed by atoms with Crippen molar-refractivity contribution in [3.05, 3.63) is 33.3 Å². The van der Waals surface area contributed by atoms with Crippen LogP contribution in [0, 0.1) is 11.3 Å². The van der Waals surface area contributed by atoms with E-state index in [0.29, 0.717) is 10.6 Å². The van der Waals surface area contributed by atoms with Gasteiger partial charge in [0.05, 0.1) is 18.6 Å². The molecule has 0 aliphatic carbocycles. The smallest absolute Gasteiger partial charge is 0.349 e. The Morgan fingerprint density at radius 1 is 1.33 bits per heavy atom. The van der Waals surface area contributed by atoms with E-state index < -0.39 is 5.97 Å². The van der Waals surface area contributed by atoms with Crippen molar-refractivity contribution in [1.29, 1.82) is 5.26 Å². The monoisotopic (exact) mass is 322 g/mol. The maximum absolute atomic E-state index is 11.7. The lowest BCUT2D eigenvalue weighted by atomic mass is 10.3. The minimum absolute atomic E-state index is 0.0656. The van der Waals surface area contributed by atoms with Crippen LogP contribution < -0.4 is 10.1 Å². The van der Waals surface area contributed by atoms with E-state index in [1.807, 2.05) is 6.07 Å². The number of rotatable bonds is 6. The van der Waals surface area contributed by atoms with Crippen LogP contribution in [0.1, 0.15) is 21.7 Å². The number of aromatic carboxylic acids is 1. The fourth-order valence-corrected chi connectivity index (χ4v) is 2.93. The van der Waals surface area contributed by atoms with E-state index in [4.69, 9.17) is 15.1 Å². The molecule has 0 saturated carbocycles. The maximum Gasteiger partial charge on any atom is 0.349 e. The second-order valence-electron chi connectivity index (χ2n) is 3.84. The summed E-state index contributed by atoms with van der Waals surface area (Å²) in [5.41, 5.74) is 0.417. The molecule has 0 unspecified atom stereocenters. The first kappa shape index (κ1) is 15.0. The Hall–Kier alpha value is -2.37. The number of carboxylic acid groups (broad SMARTS) is 1. The van der Waals surface area contributed by atoms with Crippen LogP contribution in [0.4, 0.5) is 5.00 Å². The number of hydrogen-bond donors (Lipinski definition) is 2. The van der Waals surface area contributed by atoms with Crippen LogP contribution in [0.5, 0.6) is 5.75 Å². The molecule has 0 saturated heterocycles. The molecule has 1 amide bonds. The highest BCUT2D eigenvalue weighted by atomic mass is 32.1. The van der Waals surface area contributed by atoms with Crippen molar-refractivity contribution in [3.63, 3.8) is 0 Å². The maximum atomic E-state index is 11.7. The molecule has 0 atom stereocenters. The minimum Gasteiger partial charge on any atom is -0.491 e. The molecule has 8 heteroatoms. The molecule has 0 radical (unpaired) electrons. The van der Waals surface area contributed by atoms with Crippen molar-refractivity contribution in [2.75, 3.05) is 11.9 Å². The molecule has 21 heavy (non-hydrogen) atoms. The Morgan fingerprint density at radius 3 is 2.81 bits per heavy atom. The summed E-state index contributed by atoms with van der Waals surface area (Å²) >= 11 is 2.33. The number of hydrogen-bond acceptors (Lipinski definition) is 6. The zero-order valence-corrected chi connectivity index (χ0v) is 12.3. The number of carboxylic acids is 1. The number of nitrogens with one attached hydrogen (secondary N) is 1. The summed E-state index contributed by atoms with van der Waals surface area (Å²) in [7, 11) is 0. The molecule has 6 nitrogen and oxygen atoms in total. The summed E-state index contributed by atoms with van der Waals surface area (Å²) < 4.78 is 5.29. The van der Waals surface area contributed by atoms with Crippen LogP contribution in [0.25, 0.3) is 0 Å². The Kier molecular flexibility index (Phi) is 4.92. The van der Waals surface area contributed by atoms with Crippen molar-refractivity contribution in [1.82, 2.24) is 0 Å². The van der Waals surface area contributed by atoms with Gasteiger partial charge < -0.3 is 15.2 Å². The molecule has 0 aromatic carbocycles. The first-order valence-corrected chi connectivity index (χ1v) is 7.58. The van der Waals surface area contributed by atoms with Gasteiger partial charge >= 0.3 is 5.97 Å². The van der Waals surface area contributed by atoms with E-state index in [-0.39, 0.29) is 29.6 Å². The van der Waals surface area contributed by atoms with E-state index in [1.165, 1.54) is 11.3 Å². The molecule has 0 bridgehead atoms. The highest BCUT2D eigenvalue weighted by Crippen LogP contribution is 2.25. The van der Waals surface area contributed by atoms with Crippen LogP contribution in [0.2, 0.25) is 0 Å². The summed E-state index contributed by atoms with van der Waals surface area (Å²) in [6.07, 6.45) is 0.0671. The first-order chi connectivity index (χ1) is 10.1. The van der Waals surface area contributed by atoms with E-state index in [9.17, 15) is 9.59 Å². The summed E-state index contributed by atoms with van der Waals surface area (Å²) in [5.74, 6) is -1.09. The highest BCUT2D eigenvalue weighted by molar-refractivity contribution is 7.14. The number of amides is 1. The van der Waals surface area contributed by atoms with Gasteiger partial charge in [0.15, 0.2) is 4.88 Å². The number of ether oxygens (including phenoxy) is 1. The molecule has 0 aliphatic rings. The molecular formula is C13H10N2O4S2. The van der Waals surface area contributed by atoms with Gasteiger partial charge in [0.1, 0.15) is 16.8 Å². The fraction of sp³-hybridized carbons (Fsp3) is 0.154. The van der Waals surface area contributed by atoms with Crippen LogP contribution in [-0.4, -0.2) is 23.6 Å². The summed E-state index contributed by atoms with van der Waals surface area (Å²) in [5, 5.41) is 24.2. The Labute approximate surface area is 128 Å². The van der Waals surface area contributed by atoms with Crippen molar-refractivity contribution < 1.29 is 19.4 Å². The van der Waals surface area contributed by atoms with Gasteiger partial charge in [-0.15, -0.1) is 22.7 Å². The van der Waals surface area contributed by atoms with Gasteiger partial charge in [0.2, 0.25) is 5.91 Å². The largest absolute Gasteiger partial charge is 0.491 e. The molecule has 2 aromatic heterocycles. The van der Waals surface area contributed by atoms with E-state index in [1.54, 1.807) is 22.9 Å². The Balaban J connectivity index is 1.84. The summed E-state index contributed by atoms with van der Waals surface area (Å²) in [6.45, 7) is 0.0656. The molecule has 2 aromatic rings.